The molecule has 0 bridgehead atoms. The average molecular weight is 203 g/mol. The third-order valence-corrected chi connectivity index (χ3v) is 3.01. The Morgan fingerprint density at radius 3 is 3.17 bits per heavy atom. The molecule has 6 heteroatoms. The smallest absolute Gasteiger partial charge is 0.141 e. The maximum atomic E-state index is 5.60. The van der Waals surface area contributed by atoms with Crippen molar-refractivity contribution in [3.8, 4) is 0 Å². The fraction of sp³-hybridized carbons (Fsp3) is 0.500. The van der Waals surface area contributed by atoms with Crippen LogP contribution in [0.2, 0.25) is 0 Å². The van der Waals surface area contributed by atoms with Crippen molar-refractivity contribution in [2.75, 3.05) is 0 Å². The van der Waals surface area contributed by atoms with Crippen molar-refractivity contribution in [1.82, 2.24) is 15.6 Å². The third-order valence-electron chi connectivity index (χ3n) is 1.56. The lowest BCUT2D eigenvalue weighted by Crippen LogP contribution is -2.08. The standard InChI is InChI=1S/C6H7ClN4S/c7-3-5-10-11-6(12-5)4-1-2-8-9-4/h2,4,9H,1,3H2. The van der Waals surface area contributed by atoms with Crippen LogP contribution in [-0.4, -0.2) is 16.4 Å². The van der Waals surface area contributed by atoms with Gasteiger partial charge in [-0.1, -0.05) is 11.3 Å². The van der Waals surface area contributed by atoms with Gasteiger partial charge in [0.15, 0.2) is 0 Å². The summed E-state index contributed by atoms with van der Waals surface area (Å²) in [7, 11) is 0. The van der Waals surface area contributed by atoms with Crippen molar-refractivity contribution in [3.05, 3.63) is 10.0 Å². The molecule has 64 valence electrons. The SMILES string of the molecule is ClCc1nnc(C2CC=NN2)s1. The Labute approximate surface area is 78.7 Å². The highest BCUT2D eigenvalue weighted by atomic mass is 35.5. The monoisotopic (exact) mass is 202 g/mol. The summed E-state index contributed by atoms with van der Waals surface area (Å²) in [6, 6.07) is 0.208. The zero-order chi connectivity index (χ0) is 8.39. The summed E-state index contributed by atoms with van der Waals surface area (Å²) in [6.45, 7) is 0. The normalized spacial score (nSPS) is 21.2. The van der Waals surface area contributed by atoms with E-state index in [-0.39, 0.29) is 6.04 Å². The second-order valence-electron chi connectivity index (χ2n) is 2.40. The molecule has 1 atom stereocenters. The minimum Gasteiger partial charge on any atom is -0.300 e. The first-order chi connectivity index (χ1) is 5.90. The van der Waals surface area contributed by atoms with Crippen LogP contribution in [0.4, 0.5) is 0 Å². The van der Waals surface area contributed by atoms with E-state index in [2.05, 4.69) is 20.7 Å². The van der Waals surface area contributed by atoms with E-state index in [9.17, 15) is 0 Å². The summed E-state index contributed by atoms with van der Waals surface area (Å²) in [6.07, 6.45) is 2.73. The molecule has 2 rings (SSSR count). The first-order valence-corrected chi connectivity index (χ1v) is 4.90. The highest BCUT2D eigenvalue weighted by Gasteiger charge is 2.17. The van der Waals surface area contributed by atoms with E-state index in [0.717, 1.165) is 16.4 Å². The maximum Gasteiger partial charge on any atom is 0.141 e. The minimum absolute atomic E-state index is 0.208. The van der Waals surface area contributed by atoms with Gasteiger partial charge in [0.2, 0.25) is 0 Å². The van der Waals surface area contributed by atoms with Gasteiger partial charge in [0.1, 0.15) is 16.1 Å². The van der Waals surface area contributed by atoms with Crippen LogP contribution in [0.25, 0.3) is 0 Å². The molecule has 1 N–H and O–H groups in total. The molecule has 12 heavy (non-hydrogen) atoms. The summed E-state index contributed by atoms with van der Waals surface area (Å²) in [5.74, 6) is 0.436. The van der Waals surface area contributed by atoms with E-state index >= 15 is 0 Å². The van der Waals surface area contributed by atoms with Crippen molar-refractivity contribution in [2.45, 2.75) is 18.3 Å². The van der Waals surface area contributed by atoms with Crippen molar-refractivity contribution in [1.29, 1.82) is 0 Å². The Bertz CT molecular complexity index is 289. The molecule has 0 aromatic carbocycles. The lowest BCUT2D eigenvalue weighted by Gasteiger charge is -2.02. The zero-order valence-electron chi connectivity index (χ0n) is 6.20. The van der Waals surface area contributed by atoms with Crippen LogP contribution >= 0.6 is 22.9 Å². The fourth-order valence-electron chi connectivity index (χ4n) is 0.971. The number of hydrazone groups is 1. The number of alkyl halides is 1. The number of nitrogens with one attached hydrogen (secondary N) is 1. The van der Waals surface area contributed by atoms with Crippen molar-refractivity contribution >= 4 is 29.2 Å². The zero-order valence-corrected chi connectivity index (χ0v) is 7.77. The van der Waals surface area contributed by atoms with Gasteiger partial charge in [0.25, 0.3) is 0 Å². The minimum atomic E-state index is 0.208. The summed E-state index contributed by atoms with van der Waals surface area (Å²) >= 11 is 7.14. The van der Waals surface area contributed by atoms with Gasteiger partial charge >= 0.3 is 0 Å². The Hall–Kier alpha value is -0.680. The van der Waals surface area contributed by atoms with Crippen LogP contribution < -0.4 is 5.43 Å². The van der Waals surface area contributed by atoms with E-state index in [1.54, 1.807) is 0 Å². The number of aromatic nitrogens is 2. The molecule has 0 spiro atoms. The molecule has 4 nitrogen and oxygen atoms in total. The first-order valence-electron chi connectivity index (χ1n) is 3.55. The van der Waals surface area contributed by atoms with Crippen LogP contribution in [-0.2, 0) is 5.88 Å². The van der Waals surface area contributed by atoms with Gasteiger partial charge in [0.05, 0.1) is 5.88 Å². The van der Waals surface area contributed by atoms with E-state index in [1.165, 1.54) is 11.3 Å². The number of hydrogen-bond acceptors (Lipinski definition) is 5. The fourth-order valence-corrected chi connectivity index (χ4v) is 1.94. The first kappa shape index (κ1) is 7.94. The number of hydrogen-bond donors (Lipinski definition) is 1. The van der Waals surface area contributed by atoms with Gasteiger partial charge in [-0.2, -0.15) is 5.10 Å². The Morgan fingerprint density at radius 1 is 1.67 bits per heavy atom. The molecule has 1 aromatic rings. The quantitative estimate of drug-likeness (QED) is 0.736. The van der Waals surface area contributed by atoms with Gasteiger partial charge in [-0.3, -0.25) is 0 Å². The van der Waals surface area contributed by atoms with E-state index < -0.39 is 0 Å². The van der Waals surface area contributed by atoms with Gasteiger partial charge < -0.3 is 5.43 Å². The van der Waals surface area contributed by atoms with Crippen LogP contribution in [0.3, 0.4) is 0 Å². The maximum absolute atomic E-state index is 5.60. The summed E-state index contributed by atoms with van der Waals surface area (Å²) in [5, 5.41) is 13.7. The number of rotatable bonds is 2. The molecule has 1 aliphatic heterocycles. The molecular formula is C6H7ClN4S. The van der Waals surface area contributed by atoms with Crippen molar-refractivity contribution in [2.24, 2.45) is 5.10 Å². The highest BCUT2D eigenvalue weighted by Crippen LogP contribution is 2.22. The van der Waals surface area contributed by atoms with Crippen LogP contribution in [0.1, 0.15) is 22.5 Å². The Balaban J connectivity index is 2.12. The van der Waals surface area contributed by atoms with E-state index in [1.807, 2.05) is 6.21 Å². The predicted octanol–water partition coefficient (Wildman–Crippen LogP) is 1.30. The van der Waals surface area contributed by atoms with Crippen LogP contribution in [0.5, 0.6) is 0 Å². The highest BCUT2D eigenvalue weighted by molar-refractivity contribution is 7.11. The van der Waals surface area contributed by atoms with E-state index in [4.69, 9.17) is 11.6 Å². The molecule has 0 amide bonds. The lowest BCUT2D eigenvalue weighted by molar-refractivity contribution is 0.610. The van der Waals surface area contributed by atoms with Gasteiger partial charge in [0, 0.05) is 12.6 Å². The average Bonchev–Trinajstić information content (AvgIpc) is 2.75. The molecule has 1 aromatic heterocycles. The second-order valence-corrected chi connectivity index (χ2v) is 3.76. The molecule has 1 aliphatic rings. The molecule has 0 radical (unpaired) electrons. The molecular weight excluding hydrogens is 196 g/mol. The summed E-state index contributed by atoms with van der Waals surface area (Å²) < 4.78 is 0. The third kappa shape index (κ3) is 1.42. The Kier molecular flexibility index (Phi) is 2.23. The van der Waals surface area contributed by atoms with Crippen molar-refractivity contribution in [3.63, 3.8) is 0 Å². The largest absolute Gasteiger partial charge is 0.300 e. The molecule has 2 heterocycles. The van der Waals surface area contributed by atoms with Gasteiger partial charge in [-0.25, -0.2) is 0 Å². The summed E-state index contributed by atoms with van der Waals surface area (Å²) in [4.78, 5) is 0. The lowest BCUT2D eigenvalue weighted by atomic mass is 10.3. The molecule has 1 unspecified atom stereocenters. The number of nitrogens with zero attached hydrogens (tertiary/aromatic N) is 3. The topological polar surface area (TPSA) is 50.2 Å². The van der Waals surface area contributed by atoms with Gasteiger partial charge in [-0.15, -0.1) is 21.8 Å². The Morgan fingerprint density at radius 2 is 2.58 bits per heavy atom. The molecule has 0 saturated carbocycles. The van der Waals surface area contributed by atoms with Crippen LogP contribution in [0.15, 0.2) is 5.10 Å². The number of halogens is 1. The molecule has 0 fully saturated rings. The second kappa shape index (κ2) is 3.37. The summed E-state index contributed by atoms with van der Waals surface area (Å²) in [5.41, 5.74) is 2.94. The van der Waals surface area contributed by atoms with Crippen molar-refractivity contribution < 1.29 is 0 Å². The molecule has 0 saturated heterocycles. The van der Waals surface area contributed by atoms with Crippen LogP contribution in [0, 0.1) is 0 Å². The van der Waals surface area contributed by atoms with E-state index in [0.29, 0.717) is 5.88 Å². The molecule has 0 aliphatic carbocycles. The van der Waals surface area contributed by atoms with Gasteiger partial charge in [-0.05, 0) is 0 Å². The predicted molar refractivity (Wildman–Crippen MR) is 48.5 cm³/mol.